The van der Waals surface area contributed by atoms with Crippen LogP contribution in [0.2, 0.25) is 0 Å². The summed E-state index contributed by atoms with van der Waals surface area (Å²) in [4.78, 5) is 8.01. The Hall–Kier alpha value is -1.79. The van der Waals surface area contributed by atoms with Crippen molar-refractivity contribution < 1.29 is 4.74 Å². The summed E-state index contributed by atoms with van der Waals surface area (Å²) in [5.74, 6) is 0.834. The summed E-state index contributed by atoms with van der Waals surface area (Å²) >= 11 is 1.71. The van der Waals surface area contributed by atoms with Gasteiger partial charge in [-0.2, -0.15) is 5.10 Å². The lowest BCUT2D eigenvalue weighted by Crippen LogP contribution is -2.26. The van der Waals surface area contributed by atoms with Crippen molar-refractivity contribution in [2.75, 3.05) is 18.9 Å². The van der Waals surface area contributed by atoms with Crippen LogP contribution in [0, 0.1) is 0 Å². The van der Waals surface area contributed by atoms with Crippen LogP contribution in [0.3, 0.4) is 0 Å². The SMILES string of the molecule is CCc1cccc2c(C3=NNC(=NCC4CCCO4)SC3)c[nH]c12. The van der Waals surface area contributed by atoms with Gasteiger partial charge in [0, 0.05) is 35.0 Å². The summed E-state index contributed by atoms with van der Waals surface area (Å²) in [7, 11) is 0. The Bertz CT molecular complexity index is 789. The number of aromatic nitrogens is 1. The van der Waals surface area contributed by atoms with E-state index in [0.717, 1.165) is 49.0 Å². The molecule has 6 heteroatoms. The Kier molecular flexibility index (Phi) is 4.58. The second-order valence-corrected chi connectivity index (χ2v) is 7.10. The highest BCUT2D eigenvalue weighted by Gasteiger charge is 2.19. The number of thioether (sulfide) groups is 1. The number of nitrogens with zero attached hydrogens (tertiary/aromatic N) is 2. The van der Waals surface area contributed by atoms with Crippen molar-refractivity contribution in [2.45, 2.75) is 32.3 Å². The van der Waals surface area contributed by atoms with Crippen molar-refractivity contribution in [3.63, 3.8) is 0 Å². The van der Waals surface area contributed by atoms with Gasteiger partial charge in [0.05, 0.1) is 18.4 Å². The largest absolute Gasteiger partial charge is 0.376 e. The molecule has 4 rings (SSSR count). The maximum Gasteiger partial charge on any atom is 0.177 e. The topological polar surface area (TPSA) is 61.8 Å². The van der Waals surface area contributed by atoms with E-state index < -0.39 is 0 Å². The normalized spacial score (nSPS) is 22.8. The summed E-state index contributed by atoms with van der Waals surface area (Å²) in [5.41, 5.74) is 7.92. The van der Waals surface area contributed by atoms with Gasteiger partial charge in [0.25, 0.3) is 0 Å². The molecule has 2 N–H and O–H groups in total. The molecule has 1 aromatic carbocycles. The van der Waals surface area contributed by atoms with Crippen molar-refractivity contribution in [3.05, 3.63) is 35.5 Å². The number of amidine groups is 1. The summed E-state index contributed by atoms with van der Waals surface area (Å²) < 4.78 is 5.61. The second-order valence-electron chi connectivity index (χ2n) is 6.14. The predicted molar refractivity (Wildman–Crippen MR) is 101 cm³/mol. The summed E-state index contributed by atoms with van der Waals surface area (Å²) in [6.45, 7) is 3.79. The van der Waals surface area contributed by atoms with E-state index in [1.165, 1.54) is 22.0 Å². The fraction of sp³-hybridized carbons (Fsp3) is 0.444. The smallest absolute Gasteiger partial charge is 0.177 e. The van der Waals surface area contributed by atoms with Crippen LogP contribution >= 0.6 is 11.8 Å². The number of hydrogen-bond donors (Lipinski definition) is 2. The van der Waals surface area contributed by atoms with E-state index in [1.807, 2.05) is 0 Å². The molecule has 24 heavy (non-hydrogen) atoms. The van der Waals surface area contributed by atoms with Gasteiger partial charge in [-0.05, 0) is 24.8 Å². The number of ether oxygens (including phenoxy) is 1. The molecule has 1 saturated heterocycles. The third-order valence-electron chi connectivity index (χ3n) is 4.59. The van der Waals surface area contributed by atoms with Gasteiger partial charge in [0.1, 0.15) is 0 Å². The highest BCUT2D eigenvalue weighted by atomic mass is 32.2. The van der Waals surface area contributed by atoms with Gasteiger partial charge < -0.3 is 9.72 Å². The first-order valence-corrected chi connectivity index (χ1v) is 9.54. The van der Waals surface area contributed by atoms with Gasteiger partial charge in [-0.3, -0.25) is 10.4 Å². The molecule has 0 bridgehead atoms. The molecule has 2 aromatic rings. The molecule has 1 unspecified atom stereocenters. The van der Waals surface area contributed by atoms with Crippen molar-refractivity contribution in [2.24, 2.45) is 10.1 Å². The minimum Gasteiger partial charge on any atom is -0.376 e. The lowest BCUT2D eigenvalue weighted by Gasteiger charge is -2.15. The highest BCUT2D eigenvalue weighted by molar-refractivity contribution is 8.14. The molecule has 0 aliphatic carbocycles. The number of fused-ring (bicyclic) bond motifs is 1. The molecule has 2 aliphatic heterocycles. The number of aromatic amines is 1. The number of hydrogen-bond acceptors (Lipinski definition) is 4. The lowest BCUT2D eigenvalue weighted by molar-refractivity contribution is 0.118. The minimum atomic E-state index is 0.284. The van der Waals surface area contributed by atoms with Gasteiger partial charge >= 0.3 is 0 Å². The summed E-state index contributed by atoms with van der Waals surface area (Å²) in [6.07, 6.45) is 5.64. The zero-order chi connectivity index (χ0) is 16.4. The molecule has 126 valence electrons. The van der Waals surface area contributed by atoms with Gasteiger partial charge in [-0.15, -0.1) is 0 Å². The molecule has 5 nitrogen and oxygen atoms in total. The van der Waals surface area contributed by atoms with Crippen LogP contribution in [-0.4, -0.2) is 40.9 Å². The lowest BCUT2D eigenvalue weighted by atomic mass is 10.1. The minimum absolute atomic E-state index is 0.284. The summed E-state index contributed by atoms with van der Waals surface area (Å²) in [5, 5.41) is 6.70. The molecule has 1 atom stereocenters. The standard InChI is InChI=1S/C18H22N4OS/c1-2-12-5-3-7-14-15(10-19-17(12)14)16-11-24-18(22-21-16)20-9-13-6-4-8-23-13/h3,5,7,10,13,19H,2,4,6,8-9,11H2,1H3,(H,20,22). The molecule has 1 aromatic heterocycles. The molecule has 2 aliphatic rings. The van der Waals surface area contributed by atoms with Crippen molar-refractivity contribution in [1.29, 1.82) is 0 Å². The Morgan fingerprint density at radius 3 is 3.12 bits per heavy atom. The van der Waals surface area contributed by atoms with Gasteiger partial charge in [0.15, 0.2) is 5.17 Å². The number of para-hydroxylation sites is 1. The van der Waals surface area contributed by atoms with Crippen LogP contribution in [0.5, 0.6) is 0 Å². The highest BCUT2D eigenvalue weighted by Crippen LogP contribution is 2.25. The van der Waals surface area contributed by atoms with E-state index in [4.69, 9.17) is 4.74 Å². The second kappa shape index (κ2) is 6.99. The number of aliphatic imine (C=N–C) groups is 1. The number of nitrogens with one attached hydrogen (secondary N) is 2. The fourth-order valence-electron chi connectivity index (χ4n) is 3.26. The third kappa shape index (κ3) is 3.08. The average molecular weight is 342 g/mol. The van der Waals surface area contributed by atoms with Crippen LogP contribution in [0.4, 0.5) is 0 Å². The van der Waals surface area contributed by atoms with Crippen LogP contribution < -0.4 is 5.43 Å². The zero-order valence-corrected chi connectivity index (χ0v) is 14.7. The quantitative estimate of drug-likeness (QED) is 0.896. The first kappa shape index (κ1) is 15.7. The van der Waals surface area contributed by atoms with Crippen molar-refractivity contribution in [3.8, 4) is 0 Å². The number of rotatable bonds is 4. The number of hydrazone groups is 1. The van der Waals surface area contributed by atoms with Crippen molar-refractivity contribution >= 4 is 33.5 Å². The van der Waals surface area contributed by atoms with E-state index in [-0.39, 0.29) is 6.10 Å². The Labute approximate surface area is 146 Å². The van der Waals surface area contributed by atoms with Crippen molar-refractivity contribution in [1.82, 2.24) is 10.4 Å². The number of benzene rings is 1. The molecule has 3 heterocycles. The van der Waals surface area contributed by atoms with Gasteiger partial charge in [-0.1, -0.05) is 36.9 Å². The molecule has 0 amide bonds. The Balaban J connectivity index is 1.51. The molecular weight excluding hydrogens is 320 g/mol. The molecule has 0 radical (unpaired) electrons. The van der Waals surface area contributed by atoms with Crippen LogP contribution in [0.25, 0.3) is 10.9 Å². The molecule has 0 spiro atoms. The number of aryl methyl sites for hydroxylation is 1. The average Bonchev–Trinajstić information content (AvgIpc) is 3.29. The fourth-order valence-corrected chi connectivity index (χ4v) is 4.03. The van der Waals surface area contributed by atoms with Gasteiger partial charge in [0.2, 0.25) is 0 Å². The third-order valence-corrected chi connectivity index (χ3v) is 5.50. The Morgan fingerprint density at radius 2 is 2.38 bits per heavy atom. The maximum absolute atomic E-state index is 5.61. The Morgan fingerprint density at radius 1 is 1.42 bits per heavy atom. The first-order valence-electron chi connectivity index (χ1n) is 8.56. The predicted octanol–water partition coefficient (Wildman–Crippen LogP) is 3.31. The monoisotopic (exact) mass is 342 g/mol. The molecule has 1 fully saturated rings. The van der Waals surface area contributed by atoms with E-state index in [1.54, 1.807) is 11.8 Å². The summed E-state index contributed by atoms with van der Waals surface area (Å²) in [6, 6.07) is 6.46. The van der Waals surface area contributed by atoms with Gasteiger partial charge in [-0.25, -0.2) is 0 Å². The molecule has 0 saturated carbocycles. The van der Waals surface area contributed by atoms with E-state index >= 15 is 0 Å². The maximum atomic E-state index is 5.61. The van der Waals surface area contributed by atoms with E-state index in [9.17, 15) is 0 Å². The van der Waals surface area contributed by atoms with Crippen LogP contribution in [-0.2, 0) is 11.2 Å². The zero-order valence-electron chi connectivity index (χ0n) is 13.8. The molecular formula is C18H22N4OS. The first-order chi connectivity index (χ1) is 11.8. The van der Waals surface area contributed by atoms with Crippen LogP contribution in [0.15, 0.2) is 34.5 Å². The number of H-pyrrole nitrogens is 1. The van der Waals surface area contributed by atoms with E-state index in [2.05, 4.69) is 51.8 Å². The van der Waals surface area contributed by atoms with Crippen LogP contribution in [0.1, 0.15) is 30.9 Å². The van der Waals surface area contributed by atoms with E-state index in [0.29, 0.717) is 0 Å².